The number of unbranched alkanes of at least 4 members (excludes halogenated alkanes) is 3. The van der Waals surface area contributed by atoms with Crippen LogP contribution in [0.15, 0.2) is 79.1 Å². The third-order valence-corrected chi connectivity index (χ3v) is 9.05. The molecule has 5 rings (SSSR count). The highest BCUT2D eigenvalue weighted by atomic mass is 35.5. The summed E-state index contributed by atoms with van der Waals surface area (Å²) in [7, 11) is 0. The highest BCUT2D eigenvalue weighted by Gasteiger charge is 2.33. The highest BCUT2D eigenvalue weighted by Crippen LogP contribution is 2.39. The Kier molecular flexibility index (Phi) is 12.4. The lowest BCUT2D eigenvalue weighted by atomic mass is 9.97. The number of rotatable bonds is 15. The average molecular weight is 681 g/mol. The molecule has 1 aliphatic heterocycles. The molecule has 1 saturated heterocycles. The minimum atomic E-state index is -0.783. The number of hydrogen-bond donors (Lipinski definition) is 3. The molecule has 0 radical (unpaired) electrons. The van der Waals surface area contributed by atoms with Gasteiger partial charge in [-0.2, -0.15) is 0 Å². The maximum absolute atomic E-state index is 12.5. The Hall–Kier alpha value is -3.73. The van der Waals surface area contributed by atoms with E-state index in [1.165, 1.54) is 0 Å². The Balaban J connectivity index is 1.25. The fraction of sp³-hybridized carbons (Fsp3) is 0.361. The van der Waals surface area contributed by atoms with Gasteiger partial charge < -0.3 is 29.6 Å². The molecule has 1 amide bonds. The summed E-state index contributed by atoms with van der Waals surface area (Å²) in [6.07, 6.45) is 4.65. The molecule has 248 valence electrons. The predicted octanol–water partition coefficient (Wildman–Crippen LogP) is 7.64. The number of carbonyl (C=O) groups is 2. The minimum Gasteiger partial charge on any atom is -0.481 e. The van der Waals surface area contributed by atoms with Gasteiger partial charge in [0.15, 0.2) is 11.4 Å². The lowest BCUT2D eigenvalue weighted by Gasteiger charge is -2.36. The van der Waals surface area contributed by atoms with Gasteiger partial charge in [0.05, 0.1) is 31.7 Å². The first-order valence-corrected chi connectivity index (χ1v) is 16.6. The minimum absolute atomic E-state index is 0.0191. The van der Waals surface area contributed by atoms with E-state index in [9.17, 15) is 14.7 Å². The molecule has 9 nitrogen and oxygen atoms in total. The van der Waals surface area contributed by atoms with Crippen LogP contribution < -0.4 is 5.32 Å². The second-order valence-corrected chi connectivity index (χ2v) is 12.4. The maximum atomic E-state index is 12.5. The molecule has 3 N–H and O–H groups in total. The van der Waals surface area contributed by atoms with Crippen molar-refractivity contribution in [1.29, 1.82) is 0 Å². The number of aliphatic hydroxyl groups excluding tert-OH is 1. The van der Waals surface area contributed by atoms with Crippen LogP contribution in [0.25, 0.3) is 11.1 Å². The zero-order chi connectivity index (χ0) is 33.2. The molecule has 3 atom stereocenters. The first-order valence-electron chi connectivity index (χ1n) is 15.8. The van der Waals surface area contributed by atoms with E-state index in [0.29, 0.717) is 37.5 Å². The molecule has 1 aliphatic rings. The lowest BCUT2D eigenvalue weighted by molar-refractivity contribution is -0.252. The zero-order valence-corrected chi connectivity index (χ0v) is 27.5. The summed E-state index contributed by atoms with van der Waals surface area (Å²) in [5, 5.41) is 21.9. The van der Waals surface area contributed by atoms with E-state index in [1.54, 1.807) is 10.9 Å². The van der Waals surface area contributed by atoms with Gasteiger partial charge in [-0.25, -0.2) is 4.98 Å². The molecule has 0 saturated carbocycles. The van der Waals surface area contributed by atoms with Crippen molar-refractivity contribution in [3.8, 4) is 11.1 Å². The smallest absolute Gasteiger partial charge is 0.303 e. The second-order valence-electron chi connectivity index (χ2n) is 11.7. The van der Waals surface area contributed by atoms with E-state index in [1.807, 2.05) is 72.8 Å². The fourth-order valence-corrected chi connectivity index (χ4v) is 6.01. The first-order chi connectivity index (χ1) is 22.8. The maximum Gasteiger partial charge on any atom is 0.303 e. The number of ether oxygens (including phenoxy) is 2. The van der Waals surface area contributed by atoms with Crippen molar-refractivity contribution in [1.82, 2.24) is 14.9 Å². The number of aliphatic carboxylic acids is 1. The van der Waals surface area contributed by atoms with E-state index in [2.05, 4.69) is 10.3 Å². The van der Waals surface area contributed by atoms with Gasteiger partial charge in [0.2, 0.25) is 5.91 Å². The van der Waals surface area contributed by atoms with Crippen LogP contribution in [0.1, 0.15) is 79.6 Å². The molecule has 0 spiro atoms. The summed E-state index contributed by atoms with van der Waals surface area (Å²) in [5.74, 6) is -0.802. The molecule has 1 fully saturated rings. The third kappa shape index (κ3) is 9.65. The van der Waals surface area contributed by atoms with Crippen LogP contribution in [0.2, 0.25) is 10.3 Å². The Bertz CT molecular complexity index is 1630. The average Bonchev–Trinajstić information content (AvgIpc) is 3.41. The van der Waals surface area contributed by atoms with Gasteiger partial charge in [-0.15, -0.1) is 0 Å². The van der Waals surface area contributed by atoms with E-state index < -0.39 is 12.3 Å². The molecule has 47 heavy (non-hydrogen) atoms. The Morgan fingerprint density at radius 2 is 1.60 bits per heavy atom. The number of aromatic nitrogens is 2. The molecule has 0 aliphatic carbocycles. The number of nitrogens with one attached hydrogen (secondary N) is 1. The van der Waals surface area contributed by atoms with E-state index in [-0.39, 0.29) is 36.3 Å². The van der Waals surface area contributed by atoms with Crippen LogP contribution in [0.3, 0.4) is 0 Å². The van der Waals surface area contributed by atoms with Crippen LogP contribution in [-0.2, 0) is 38.8 Å². The summed E-state index contributed by atoms with van der Waals surface area (Å²) < 4.78 is 14.7. The van der Waals surface area contributed by atoms with Gasteiger partial charge in [0.25, 0.3) is 0 Å². The summed E-state index contributed by atoms with van der Waals surface area (Å²) in [6, 6.07) is 23.8. The Morgan fingerprint density at radius 1 is 0.894 bits per heavy atom. The molecule has 4 aromatic rings. The number of carboxylic acids is 1. The normalized spacial score (nSPS) is 17.8. The van der Waals surface area contributed by atoms with Gasteiger partial charge in [0.1, 0.15) is 5.15 Å². The largest absolute Gasteiger partial charge is 0.481 e. The highest BCUT2D eigenvalue weighted by molar-refractivity contribution is 6.40. The van der Waals surface area contributed by atoms with Gasteiger partial charge in [-0.1, -0.05) is 109 Å². The molecular formula is C36H39Cl2N3O6. The van der Waals surface area contributed by atoms with Crippen LogP contribution in [0.4, 0.5) is 0 Å². The number of amides is 1. The number of carboxylic acid groups (broad SMARTS) is 1. The third-order valence-electron chi connectivity index (χ3n) is 8.28. The number of aliphatic hydroxyl groups is 1. The number of halogens is 2. The van der Waals surface area contributed by atoms with Gasteiger partial charge >= 0.3 is 5.97 Å². The predicted molar refractivity (Wildman–Crippen MR) is 180 cm³/mol. The van der Waals surface area contributed by atoms with Crippen LogP contribution >= 0.6 is 23.2 Å². The van der Waals surface area contributed by atoms with Crippen molar-refractivity contribution in [3.63, 3.8) is 0 Å². The number of benzene rings is 3. The lowest BCUT2D eigenvalue weighted by Crippen LogP contribution is -2.32. The van der Waals surface area contributed by atoms with Gasteiger partial charge in [-0.05, 0) is 40.7 Å². The summed E-state index contributed by atoms with van der Waals surface area (Å²) >= 11 is 12.5. The van der Waals surface area contributed by atoms with Crippen molar-refractivity contribution in [2.24, 2.45) is 0 Å². The molecule has 11 heteroatoms. The molecule has 2 heterocycles. The number of nitrogens with zero attached hydrogens (tertiary/aromatic N) is 2. The van der Waals surface area contributed by atoms with Crippen LogP contribution in [0.5, 0.6) is 0 Å². The number of hydrogen-bond acceptors (Lipinski definition) is 6. The van der Waals surface area contributed by atoms with Crippen LogP contribution in [-0.4, -0.2) is 37.7 Å². The molecule has 1 aromatic heterocycles. The van der Waals surface area contributed by atoms with E-state index >= 15 is 0 Å². The second kappa shape index (κ2) is 16.9. The fourth-order valence-electron chi connectivity index (χ4n) is 5.70. The van der Waals surface area contributed by atoms with E-state index in [0.717, 1.165) is 52.6 Å². The number of imidazole rings is 1. The van der Waals surface area contributed by atoms with E-state index in [4.69, 9.17) is 37.8 Å². The Morgan fingerprint density at radius 3 is 2.28 bits per heavy atom. The standard InChI is InChI=1S/C36H39Cl2N3O6/c37-34-35(38)41(23-40-34)21-29-19-31(26-13-11-24(22-42)12-14-26)47-36(46-29)27-17-15-25(16-18-27)30-8-6-5-7-28(30)20-39-32(43)9-3-1-2-4-10-33(44)45/h5-8,11-18,23,29,31,36,42H,1-4,9-10,19-22H2,(H,39,43)(H,44,45). The zero-order valence-electron chi connectivity index (χ0n) is 26.0. The summed E-state index contributed by atoms with van der Waals surface area (Å²) in [5.41, 5.74) is 5.70. The Labute approximate surface area is 284 Å². The van der Waals surface area contributed by atoms with Crippen molar-refractivity contribution in [3.05, 3.63) is 112 Å². The van der Waals surface area contributed by atoms with Crippen LogP contribution in [0, 0.1) is 0 Å². The van der Waals surface area contributed by atoms with Gasteiger partial charge in [-0.3, -0.25) is 9.59 Å². The van der Waals surface area contributed by atoms with Gasteiger partial charge in [0, 0.05) is 31.4 Å². The summed E-state index contributed by atoms with van der Waals surface area (Å²) in [4.78, 5) is 27.2. The summed E-state index contributed by atoms with van der Waals surface area (Å²) in [6.45, 7) is 0.828. The quantitative estimate of drug-likeness (QED) is 0.110. The monoisotopic (exact) mass is 679 g/mol. The topological polar surface area (TPSA) is 123 Å². The molecule has 0 bridgehead atoms. The molecular weight excluding hydrogens is 641 g/mol. The molecule has 3 unspecified atom stereocenters. The molecule has 3 aromatic carbocycles. The first kappa shape index (κ1) is 34.6. The van der Waals surface area contributed by atoms with Crippen molar-refractivity contribution in [2.75, 3.05) is 0 Å². The van der Waals surface area contributed by atoms with Crippen molar-refractivity contribution >= 4 is 35.1 Å². The SMILES string of the molecule is O=C(O)CCCCCCC(=O)NCc1ccccc1-c1ccc(C2OC(Cn3cnc(Cl)c3Cl)CC(c3ccc(CO)cc3)O2)cc1. The van der Waals surface area contributed by atoms with Crippen molar-refractivity contribution < 1.29 is 29.3 Å². The van der Waals surface area contributed by atoms with Crippen molar-refractivity contribution in [2.45, 2.75) is 83.1 Å². The number of carbonyl (C=O) groups excluding carboxylic acids is 1.